The van der Waals surface area contributed by atoms with Crippen molar-refractivity contribution >= 4 is 11.3 Å². The summed E-state index contributed by atoms with van der Waals surface area (Å²) in [6.45, 7) is 1.77. The van der Waals surface area contributed by atoms with E-state index in [-0.39, 0.29) is 12.4 Å². The van der Waals surface area contributed by atoms with Crippen LogP contribution < -0.4 is 0 Å². The lowest BCUT2D eigenvalue weighted by Crippen LogP contribution is -2.04. The van der Waals surface area contributed by atoms with Crippen LogP contribution in [0.1, 0.15) is 10.6 Å². The first-order valence-electron chi connectivity index (χ1n) is 5.56. The number of aromatic nitrogens is 1. The molecule has 0 radical (unpaired) electrons. The smallest absolute Gasteiger partial charge is 0.294 e. The van der Waals surface area contributed by atoms with Gasteiger partial charge in [0.1, 0.15) is 17.4 Å². The molecule has 0 spiro atoms. The molecule has 0 fully saturated rings. The predicted octanol–water partition coefficient (Wildman–Crippen LogP) is 3.01. The Bertz CT molecular complexity index is 600. The van der Waals surface area contributed by atoms with Crippen molar-refractivity contribution in [2.75, 3.05) is 6.61 Å². The number of hydrogen-bond donors (Lipinski definition) is 0. The molecule has 1 heterocycles. The van der Waals surface area contributed by atoms with Crippen LogP contribution in [0.5, 0.6) is 0 Å². The molecular weight excluding hydrogens is 271 g/mol. The maximum absolute atomic E-state index is 13.6. The molecule has 0 bridgehead atoms. The number of benzene rings is 1. The fourth-order valence-electron chi connectivity index (χ4n) is 1.62. The van der Waals surface area contributed by atoms with Crippen molar-refractivity contribution in [2.45, 2.75) is 13.3 Å². The standard InChI is InChI=1S/C12H11FN2O3S/c1-8-11(6-7-18-15(16)17)19-12(14-8)9-4-2-3-5-10(9)13/h2-5H,6-7H2,1H3. The zero-order valence-corrected chi connectivity index (χ0v) is 10.9. The van der Waals surface area contributed by atoms with E-state index in [1.54, 1.807) is 25.1 Å². The van der Waals surface area contributed by atoms with Gasteiger partial charge in [-0.1, -0.05) is 12.1 Å². The van der Waals surface area contributed by atoms with Gasteiger partial charge in [-0.05, 0) is 19.1 Å². The molecule has 0 amide bonds. The number of thiazole rings is 1. The first kappa shape index (κ1) is 13.4. The summed E-state index contributed by atoms with van der Waals surface area (Å²) in [5, 5.41) is 9.82. The monoisotopic (exact) mass is 282 g/mol. The molecule has 0 aliphatic rings. The average molecular weight is 282 g/mol. The van der Waals surface area contributed by atoms with Crippen molar-refractivity contribution < 1.29 is 14.3 Å². The lowest BCUT2D eigenvalue weighted by atomic mass is 10.2. The third-order valence-corrected chi connectivity index (χ3v) is 3.77. The zero-order chi connectivity index (χ0) is 13.8. The van der Waals surface area contributed by atoms with Crippen molar-refractivity contribution in [1.29, 1.82) is 0 Å². The topological polar surface area (TPSA) is 65.3 Å². The van der Waals surface area contributed by atoms with Gasteiger partial charge in [0.2, 0.25) is 0 Å². The van der Waals surface area contributed by atoms with Crippen LogP contribution in [-0.4, -0.2) is 16.7 Å². The molecular formula is C12H11FN2O3S. The quantitative estimate of drug-likeness (QED) is 0.624. The molecule has 0 unspecified atom stereocenters. The molecule has 5 nitrogen and oxygen atoms in total. The lowest BCUT2D eigenvalue weighted by molar-refractivity contribution is -0.757. The molecule has 0 saturated carbocycles. The highest BCUT2D eigenvalue weighted by molar-refractivity contribution is 7.15. The van der Waals surface area contributed by atoms with Crippen molar-refractivity contribution in [3.05, 3.63) is 50.8 Å². The molecule has 100 valence electrons. The van der Waals surface area contributed by atoms with Crippen molar-refractivity contribution in [2.24, 2.45) is 0 Å². The lowest BCUT2D eigenvalue weighted by Gasteiger charge is -1.97. The molecule has 0 atom stereocenters. The van der Waals surface area contributed by atoms with E-state index in [9.17, 15) is 14.5 Å². The first-order chi connectivity index (χ1) is 9.08. The molecule has 1 aromatic heterocycles. The van der Waals surface area contributed by atoms with Crippen LogP contribution in [0.25, 0.3) is 10.6 Å². The molecule has 0 saturated heterocycles. The Morgan fingerprint density at radius 1 is 1.47 bits per heavy atom. The summed E-state index contributed by atoms with van der Waals surface area (Å²) >= 11 is 1.32. The minimum atomic E-state index is -0.825. The van der Waals surface area contributed by atoms with E-state index in [4.69, 9.17) is 0 Å². The van der Waals surface area contributed by atoms with Gasteiger partial charge in [0.15, 0.2) is 0 Å². The Morgan fingerprint density at radius 3 is 2.89 bits per heavy atom. The van der Waals surface area contributed by atoms with E-state index in [1.165, 1.54) is 17.4 Å². The normalized spacial score (nSPS) is 10.4. The Labute approximate surface area is 112 Å². The minimum absolute atomic E-state index is 0.0211. The van der Waals surface area contributed by atoms with Crippen LogP contribution in [0.4, 0.5) is 4.39 Å². The second-order valence-corrected chi connectivity index (χ2v) is 4.90. The molecule has 0 aliphatic heterocycles. The summed E-state index contributed by atoms with van der Waals surface area (Å²) in [5.41, 5.74) is 1.19. The largest absolute Gasteiger partial charge is 0.314 e. The fraction of sp³-hybridized carbons (Fsp3) is 0.250. The molecule has 19 heavy (non-hydrogen) atoms. The van der Waals surface area contributed by atoms with Gasteiger partial charge in [-0.15, -0.1) is 21.5 Å². The second kappa shape index (κ2) is 5.75. The van der Waals surface area contributed by atoms with Gasteiger partial charge < -0.3 is 4.84 Å². The zero-order valence-electron chi connectivity index (χ0n) is 10.1. The fourth-order valence-corrected chi connectivity index (χ4v) is 2.69. The second-order valence-electron chi connectivity index (χ2n) is 3.81. The highest BCUT2D eigenvalue weighted by Crippen LogP contribution is 2.29. The maximum atomic E-state index is 13.6. The van der Waals surface area contributed by atoms with E-state index in [0.29, 0.717) is 17.0 Å². The maximum Gasteiger partial charge on any atom is 0.294 e. The average Bonchev–Trinajstić information content (AvgIpc) is 2.71. The molecule has 0 N–H and O–H groups in total. The van der Waals surface area contributed by atoms with Gasteiger partial charge in [-0.25, -0.2) is 9.37 Å². The Hall–Kier alpha value is -2.02. The summed E-state index contributed by atoms with van der Waals surface area (Å²) in [7, 11) is 0. The van der Waals surface area contributed by atoms with Crippen LogP contribution in [0, 0.1) is 22.9 Å². The van der Waals surface area contributed by atoms with E-state index in [1.807, 2.05) is 0 Å². The van der Waals surface area contributed by atoms with Crippen molar-refractivity contribution in [3.8, 4) is 10.6 Å². The summed E-state index contributed by atoms with van der Waals surface area (Å²) in [6, 6.07) is 6.39. The molecule has 0 aliphatic carbocycles. The van der Waals surface area contributed by atoms with Crippen molar-refractivity contribution in [3.63, 3.8) is 0 Å². The first-order valence-corrected chi connectivity index (χ1v) is 6.38. The van der Waals surface area contributed by atoms with E-state index in [0.717, 1.165) is 10.6 Å². The van der Waals surface area contributed by atoms with Crippen molar-refractivity contribution in [1.82, 2.24) is 4.98 Å². The Morgan fingerprint density at radius 2 is 2.21 bits per heavy atom. The Kier molecular flexibility index (Phi) is 4.06. The number of rotatable bonds is 5. The van der Waals surface area contributed by atoms with Gasteiger partial charge in [0, 0.05) is 16.9 Å². The van der Waals surface area contributed by atoms with Crippen LogP contribution in [0.15, 0.2) is 24.3 Å². The third kappa shape index (κ3) is 3.25. The minimum Gasteiger partial charge on any atom is -0.314 e. The number of aryl methyl sites for hydroxylation is 1. The summed E-state index contributed by atoms with van der Waals surface area (Å²) in [5.74, 6) is -0.329. The Balaban J connectivity index is 2.17. The summed E-state index contributed by atoms with van der Waals surface area (Å²) in [6.07, 6.45) is 0.388. The van der Waals surface area contributed by atoms with Gasteiger partial charge in [-0.2, -0.15) is 0 Å². The SMILES string of the molecule is Cc1nc(-c2ccccc2F)sc1CCO[N+](=O)[O-]. The number of nitrogens with zero attached hydrogens (tertiary/aromatic N) is 2. The summed E-state index contributed by atoms with van der Waals surface area (Å²) < 4.78 is 13.6. The van der Waals surface area contributed by atoms with E-state index in [2.05, 4.69) is 9.82 Å². The molecule has 1 aromatic carbocycles. The highest BCUT2D eigenvalue weighted by atomic mass is 32.1. The highest BCUT2D eigenvalue weighted by Gasteiger charge is 2.12. The predicted molar refractivity (Wildman–Crippen MR) is 68.9 cm³/mol. The number of halogens is 1. The van der Waals surface area contributed by atoms with Crippen LogP contribution in [0.2, 0.25) is 0 Å². The molecule has 7 heteroatoms. The third-order valence-electron chi connectivity index (χ3n) is 2.52. The summed E-state index contributed by atoms with van der Waals surface area (Å²) in [4.78, 5) is 19.5. The van der Waals surface area contributed by atoms with Gasteiger partial charge >= 0.3 is 0 Å². The van der Waals surface area contributed by atoms with E-state index < -0.39 is 5.09 Å². The van der Waals surface area contributed by atoms with Crippen LogP contribution in [-0.2, 0) is 11.3 Å². The van der Waals surface area contributed by atoms with Gasteiger partial charge in [0.05, 0.1) is 5.69 Å². The van der Waals surface area contributed by atoms with Gasteiger partial charge in [0.25, 0.3) is 5.09 Å². The van der Waals surface area contributed by atoms with E-state index >= 15 is 0 Å². The number of hydrogen-bond acceptors (Lipinski definition) is 5. The molecule has 2 aromatic rings. The van der Waals surface area contributed by atoms with Gasteiger partial charge in [-0.3, -0.25) is 0 Å². The van der Waals surface area contributed by atoms with Crippen LogP contribution in [0.3, 0.4) is 0 Å². The molecule has 2 rings (SSSR count). The van der Waals surface area contributed by atoms with Crippen LogP contribution >= 0.6 is 11.3 Å².